The van der Waals surface area contributed by atoms with E-state index in [1.807, 2.05) is 26.1 Å². The Morgan fingerprint density at radius 1 is 1.00 bits per heavy atom. The van der Waals surface area contributed by atoms with Gasteiger partial charge in [0, 0.05) is 24.0 Å². The lowest BCUT2D eigenvalue weighted by molar-refractivity contribution is 0.102. The molecule has 0 fully saturated rings. The van der Waals surface area contributed by atoms with Gasteiger partial charge in [-0.3, -0.25) is 4.79 Å². The smallest absolute Gasteiger partial charge is 0.255 e. The van der Waals surface area contributed by atoms with Crippen LogP contribution in [0, 0.1) is 19.7 Å². The summed E-state index contributed by atoms with van der Waals surface area (Å²) in [5, 5.41) is 5.85. The standard InChI is InChI=1S/C16H17FN2O/c1-10-8-12(4-6-14(10)18-3)16(20)19-15-7-5-13(17)9-11(15)2/h4-9,18H,1-3H3,(H,19,20). The molecule has 2 N–H and O–H groups in total. The van der Waals surface area contributed by atoms with Crippen LogP contribution in [-0.4, -0.2) is 13.0 Å². The number of anilines is 2. The zero-order valence-corrected chi connectivity index (χ0v) is 11.8. The lowest BCUT2D eigenvalue weighted by Crippen LogP contribution is -2.13. The second-order valence-electron chi connectivity index (χ2n) is 4.69. The van der Waals surface area contributed by atoms with Crippen LogP contribution in [0.15, 0.2) is 36.4 Å². The van der Waals surface area contributed by atoms with E-state index in [1.54, 1.807) is 19.1 Å². The summed E-state index contributed by atoms with van der Waals surface area (Å²) in [5.74, 6) is -0.514. The van der Waals surface area contributed by atoms with E-state index < -0.39 is 0 Å². The largest absolute Gasteiger partial charge is 0.388 e. The molecule has 1 amide bonds. The number of carbonyl (C=O) groups excluding carboxylic acids is 1. The summed E-state index contributed by atoms with van der Waals surface area (Å²) in [7, 11) is 1.84. The van der Waals surface area contributed by atoms with Gasteiger partial charge < -0.3 is 10.6 Å². The molecule has 0 aromatic heterocycles. The Labute approximate surface area is 117 Å². The molecule has 104 valence electrons. The van der Waals surface area contributed by atoms with Crippen molar-refractivity contribution in [2.75, 3.05) is 17.7 Å². The Kier molecular flexibility index (Phi) is 4.03. The van der Waals surface area contributed by atoms with Gasteiger partial charge in [0.15, 0.2) is 0 Å². The van der Waals surface area contributed by atoms with Gasteiger partial charge in [0.25, 0.3) is 5.91 Å². The average Bonchev–Trinajstić information content (AvgIpc) is 2.41. The van der Waals surface area contributed by atoms with Gasteiger partial charge >= 0.3 is 0 Å². The Bertz CT molecular complexity index is 653. The molecule has 4 heteroatoms. The van der Waals surface area contributed by atoms with Crippen molar-refractivity contribution in [2.45, 2.75) is 13.8 Å². The highest BCUT2D eigenvalue weighted by Gasteiger charge is 2.09. The molecule has 2 aromatic carbocycles. The normalized spacial score (nSPS) is 10.2. The first-order valence-electron chi connectivity index (χ1n) is 6.37. The maximum absolute atomic E-state index is 13.0. The Morgan fingerprint density at radius 2 is 1.65 bits per heavy atom. The molecule has 0 atom stereocenters. The van der Waals surface area contributed by atoms with Crippen LogP contribution >= 0.6 is 0 Å². The van der Waals surface area contributed by atoms with E-state index in [0.717, 1.165) is 11.3 Å². The molecule has 0 spiro atoms. The summed E-state index contributed by atoms with van der Waals surface area (Å²) in [6.07, 6.45) is 0. The van der Waals surface area contributed by atoms with Crippen molar-refractivity contribution < 1.29 is 9.18 Å². The van der Waals surface area contributed by atoms with Crippen molar-refractivity contribution in [2.24, 2.45) is 0 Å². The number of amides is 1. The van der Waals surface area contributed by atoms with Crippen LogP contribution < -0.4 is 10.6 Å². The van der Waals surface area contributed by atoms with Crippen molar-refractivity contribution >= 4 is 17.3 Å². The second-order valence-corrected chi connectivity index (χ2v) is 4.69. The highest BCUT2D eigenvalue weighted by atomic mass is 19.1. The Hall–Kier alpha value is -2.36. The van der Waals surface area contributed by atoms with Gasteiger partial charge in [-0.05, 0) is 61.4 Å². The molecule has 0 saturated heterocycles. The summed E-state index contributed by atoms with van der Waals surface area (Å²) < 4.78 is 13.0. The van der Waals surface area contributed by atoms with Crippen molar-refractivity contribution in [1.82, 2.24) is 0 Å². The molecule has 0 bridgehead atoms. The SMILES string of the molecule is CNc1ccc(C(=O)Nc2ccc(F)cc2C)cc1C. The monoisotopic (exact) mass is 272 g/mol. The van der Waals surface area contributed by atoms with Gasteiger partial charge in [-0.2, -0.15) is 0 Å². The quantitative estimate of drug-likeness (QED) is 0.893. The first-order chi connectivity index (χ1) is 9.51. The molecular formula is C16H17FN2O. The van der Waals surface area contributed by atoms with Gasteiger partial charge in [-0.25, -0.2) is 4.39 Å². The number of benzene rings is 2. The van der Waals surface area contributed by atoms with Gasteiger partial charge in [0.2, 0.25) is 0 Å². The topological polar surface area (TPSA) is 41.1 Å². The second kappa shape index (κ2) is 5.74. The van der Waals surface area contributed by atoms with E-state index in [0.29, 0.717) is 16.8 Å². The van der Waals surface area contributed by atoms with Crippen LogP contribution in [0.1, 0.15) is 21.5 Å². The van der Waals surface area contributed by atoms with E-state index in [-0.39, 0.29) is 11.7 Å². The number of hydrogen-bond acceptors (Lipinski definition) is 2. The predicted molar refractivity (Wildman–Crippen MR) is 79.8 cm³/mol. The van der Waals surface area contributed by atoms with Crippen LogP contribution in [0.2, 0.25) is 0 Å². The first kappa shape index (κ1) is 14.1. The van der Waals surface area contributed by atoms with E-state index >= 15 is 0 Å². The molecule has 0 aliphatic heterocycles. The molecule has 3 nitrogen and oxygen atoms in total. The summed E-state index contributed by atoms with van der Waals surface area (Å²) in [6, 6.07) is 9.73. The minimum atomic E-state index is -0.310. The lowest BCUT2D eigenvalue weighted by Gasteiger charge is -2.10. The van der Waals surface area contributed by atoms with Crippen molar-refractivity contribution in [1.29, 1.82) is 0 Å². The number of aryl methyl sites for hydroxylation is 2. The van der Waals surface area contributed by atoms with Crippen LogP contribution in [0.5, 0.6) is 0 Å². The number of carbonyl (C=O) groups is 1. The molecule has 0 aliphatic carbocycles. The Morgan fingerprint density at radius 3 is 2.25 bits per heavy atom. The van der Waals surface area contributed by atoms with E-state index in [2.05, 4.69) is 10.6 Å². The molecule has 0 aliphatic rings. The van der Waals surface area contributed by atoms with Gasteiger partial charge in [-0.15, -0.1) is 0 Å². The molecule has 0 heterocycles. The number of hydrogen-bond donors (Lipinski definition) is 2. The first-order valence-corrected chi connectivity index (χ1v) is 6.37. The summed E-state index contributed by atoms with van der Waals surface area (Å²) >= 11 is 0. The van der Waals surface area contributed by atoms with Crippen molar-refractivity contribution in [3.63, 3.8) is 0 Å². The molecular weight excluding hydrogens is 255 g/mol. The van der Waals surface area contributed by atoms with Gasteiger partial charge in [0.1, 0.15) is 5.82 Å². The van der Waals surface area contributed by atoms with Gasteiger partial charge in [0.05, 0.1) is 0 Å². The van der Waals surface area contributed by atoms with Crippen LogP contribution in [0.4, 0.5) is 15.8 Å². The number of rotatable bonds is 3. The predicted octanol–water partition coefficient (Wildman–Crippen LogP) is 3.74. The minimum Gasteiger partial charge on any atom is -0.388 e. The highest BCUT2D eigenvalue weighted by Crippen LogP contribution is 2.19. The zero-order chi connectivity index (χ0) is 14.7. The summed E-state index contributed by atoms with van der Waals surface area (Å²) in [5.41, 5.74) is 3.87. The Balaban J connectivity index is 2.21. The fraction of sp³-hybridized carbons (Fsp3) is 0.188. The van der Waals surface area contributed by atoms with Crippen LogP contribution in [0.3, 0.4) is 0 Å². The van der Waals surface area contributed by atoms with Crippen LogP contribution in [0.25, 0.3) is 0 Å². The molecule has 0 unspecified atom stereocenters. The maximum Gasteiger partial charge on any atom is 0.255 e. The molecule has 0 saturated carbocycles. The maximum atomic E-state index is 13.0. The van der Waals surface area contributed by atoms with E-state index in [9.17, 15) is 9.18 Å². The third-order valence-electron chi connectivity index (χ3n) is 3.19. The average molecular weight is 272 g/mol. The van der Waals surface area contributed by atoms with Crippen molar-refractivity contribution in [3.8, 4) is 0 Å². The number of nitrogens with one attached hydrogen (secondary N) is 2. The third kappa shape index (κ3) is 2.96. The zero-order valence-electron chi connectivity index (χ0n) is 11.8. The molecule has 20 heavy (non-hydrogen) atoms. The molecule has 0 radical (unpaired) electrons. The summed E-state index contributed by atoms with van der Waals surface area (Å²) in [4.78, 5) is 12.2. The molecule has 2 rings (SSSR count). The van der Waals surface area contributed by atoms with E-state index in [4.69, 9.17) is 0 Å². The van der Waals surface area contributed by atoms with Crippen LogP contribution in [-0.2, 0) is 0 Å². The highest BCUT2D eigenvalue weighted by molar-refractivity contribution is 6.05. The summed E-state index contributed by atoms with van der Waals surface area (Å²) in [6.45, 7) is 3.69. The number of halogens is 1. The fourth-order valence-electron chi connectivity index (χ4n) is 2.05. The lowest BCUT2D eigenvalue weighted by atomic mass is 10.1. The third-order valence-corrected chi connectivity index (χ3v) is 3.19. The van der Waals surface area contributed by atoms with Crippen molar-refractivity contribution in [3.05, 3.63) is 58.9 Å². The minimum absolute atomic E-state index is 0.203. The fourth-order valence-corrected chi connectivity index (χ4v) is 2.05. The van der Waals surface area contributed by atoms with Gasteiger partial charge in [-0.1, -0.05) is 0 Å². The molecule has 2 aromatic rings. The van der Waals surface area contributed by atoms with E-state index in [1.165, 1.54) is 12.1 Å².